The fourth-order valence-electron chi connectivity index (χ4n) is 4.19. The molecule has 1 aliphatic rings. The highest BCUT2D eigenvalue weighted by atomic mass is 16.7. The Bertz CT molecular complexity index is 822. The van der Waals surface area contributed by atoms with E-state index in [0.717, 1.165) is 5.39 Å². The molecule has 3 heteroatoms. The summed E-state index contributed by atoms with van der Waals surface area (Å²) >= 11 is 0. The Morgan fingerprint density at radius 2 is 1.56 bits per heavy atom. The van der Waals surface area contributed by atoms with Gasteiger partial charge in [-0.3, -0.25) is 0 Å². The van der Waals surface area contributed by atoms with Crippen LogP contribution in [0.4, 0.5) is 4.79 Å². The van der Waals surface area contributed by atoms with E-state index >= 15 is 0 Å². The number of carbonyl (C=O) groups is 1. The first-order valence-corrected chi connectivity index (χ1v) is 9.95. The molecule has 3 rings (SSSR count). The monoisotopic (exact) mass is 370 g/mol. The summed E-state index contributed by atoms with van der Waals surface area (Å²) in [6, 6.07) is 10.3. The molecule has 0 saturated carbocycles. The SMILES string of the molecule is CC.CC1c2cccc3c(OC(=O)OC(C)(C)C)ccc(c23)C1C(C)(C)C. The van der Waals surface area contributed by atoms with E-state index in [4.69, 9.17) is 9.47 Å². The van der Waals surface area contributed by atoms with E-state index in [2.05, 4.69) is 39.8 Å². The fourth-order valence-corrected chi connectivity index (χ4v) is 4.19. The molecule has 0 N–H and O–H groups in total. The predicted octanol–water partition coefficient (Wildman–Crippen LogP) is 7.43. The topological polar surface area (TPSA) is 35.5 Å². The van der Waals surface area contributed by atoms with Gasteiger partial charge >= 0.3 is 6.16 Å². The summed E-state index contributed by atoms with van der Waals surface area (Å²) in [6.45, 7) is 18.6. The Morgan fingerprint density at radius 1 is 0.926 bits per heavy atom. The van der Waals surface area contributed by atoms with Gasteiger partial charge in [0.1, 0.15) is 11.4 Å². The van der Waals surface area contributed by atoms with Gasteiger partial charge in [-0.1, -0.05) is 65.8 Å². The molecule has 2 aromatic carbocycles. The lowest BCUT2D eigenvalue weighted by molar-refractivity contribution is 0.0209. The lowest BCUT2D eigenvalue weighted by Crippen LogP contribution is -2.26. The van der Waals surface area contributed by atoms with E-state index in [9.17, 15) is 4.79 Å². The maximum atomic E-state index is 12.1. The summed E-state index contributed by atoms with van der Waals surface area (Å²) in [5.41, 5.74) is 2.28. The van der Waals surface area contributed by atoms with Gasteiger partial charge in [-0.25, -0.2) is 4.79 Å². The summed E-state index contributed by atoms with van der Waals surface area (Å²) in [5.74, 6) is 1.45. The van der Waals surface area contributed by atoms with Crippen LogP contribution in [0.15, 0.2) is 30.3 Å². The van der Waals surface area contributed by atoms with Crippen LogP contribution in [0.1, 0.15) is 85.3 Å². The molecule has 0 radical (unpaired) electrons. The van der Waals surface area contributed by atoms with Gasteiger partial charge in [-0.2, -0.15) is 0 Å². The van der Waals surface area contributed by atoms with Crippen LogP contribution in [0.2, 0.25) is 0 Å². The van der Waals surface area contributed by atoms with Crippen LogP contribution >= 0.6 is 0 Å². The summed E-state index contributed by atoms with van der Waals surface area (Å²) in [4.78, 5) is 12.1. The van der Waals surface area contributed by atoms with E-state index in [-0.39, 0.29) is 5.41 Å². The van der Waals surface area contributed by atoms with Crippen LogP contribution < -0.4 is 4.74 Å². The highest BCUT2D eigenvalue weighted by Gasteiger charge is 2.39. The third-order valence-electron chi connectivity index (χ3n) is 4.91. The fraction of sp³-hybridized carbons (Fsp3) is 0.542. The molecule has 27 heavy (non-hydrogen) atoms. The van der Waals surface area contributed by atoms with Crippen molar-refractivity contribution in [3.8, 4) is 5.75 Å². The van der Waals surface area contributed by atoms with Crippen molar-refractivity contribution in [2.75, 3.05) is 0 Å². The first-order valence-electron chi connectivity index (χ1n) is 9.95. The van der Waals surface area contributed by atoms with Crippen molar-refractivity contribution >= 4 is 16.9 Å². The van der Waals surface area contributed by atoms with Crippen molar-refractivity contribution in [1.29, 1.82) is 0 Å². The van der Waals surface area contributed by atoms with Crippen LogP contribution in [-0.2, 0) is 4.74 Å². The van der Waals surface area contributed by atoms with Crippen LogP contribution in [0.3, 0.4) is 0 Å². The third kappa shape index (κ3) is 4.28. The Labute approximate surface area is 164 Å². The molecular weight excluding hydrogens is 336 g/mol. The highest BCUT2D eigenvalue weighted by molar-refractivity contribution is 5.97. The van der Waals surface area contributed by atoms with E-state index in [1.54, 1.807) is 0 Å². The number of hydrogen-bond acceptors (Lipinski definition) is 3. The Hall–Kier alpha value is -2.03. The maximum absolute atomic E-state index is 12.1. The molecule has 0 fully saturated rings. The van der Waals surface area contributed by atoms with E-state index in [0.29, 0.717) is 17.6 Å². The quantitative estimate of drug-likeness (QED) is 0.387. The zero-order valence-electron chi connectivity index (χ0n) is 18.3. The first-order chi connectivity index (χ1) is 12.5. The average Bonchev–Trinajstić information content (AvgIpc) is 2.84. The van der Waals surface area contributed by atoms with Crippen molar-refractivity contribution in [1.82, 2.24) is 0 Å². The largest absolute Gasteiger partial charge is 0.514 e. The molecule has 0 spiro atoms. The van der Waals surface area contributed by atoms with Gasteiger partial charge in [0.05, 0.1) is 0 Å². The van der Waals surface area contributed by atoms with Gasteiger partial charge < -0.3 is 9.47 Å². The molecule has 3 nitrogen and oxygen atoms in total. The minimum atomic E-state index is -0.661. The van der Waals surface area contributed by atoms with Crippen LogP contribution in [-0.4, -0.2) is 11.8 Å². The molecule has 0 saturated heterocycles. The lowest BCUT2D eigenvalue weighted by atomic mass is 9.72. The molecule has 0 aliphatic heterocycles. The van der Waals surface area contributed by atoms with Crippen LogP contribution in [0, 0.1) is 5.41 Å². The van der Waals surface area contributed by atoms with Gasteiger partial charge in [0.2, 0.25) is 0 Å². The number of carbonyl (C=O) groups excluding carboxylic acids is 1. The number of benzene rings is 2. The zero-order valence-corrected chi connectivity index (χ0v) is 18.3. The Morgan fingerprint density at radius 3 is 2.11 bits per heavy atom. The molecule has 2 aromatic rings. The minimum absolute atomic E-state index is 0.166. The van der Waals surface area contributed by atoms with Crippen LogP contribution in [0.25, 0.3) is 10.8 Å². The molecular formula is C24H34O3. The maximum Gasteiger partial charge on any atom is 0.514 e. The first kappa shape index (κ1) is 21.3. The Kier molecular flexibility index (Phi) is 5.94. The summed E-state index contributed by atoms with van der Waals surface area (Å²) < 4.78 is 10.8. The Balaban J connectivity index is 0.00000126. The van der Waals surface area contributed by atoms with Gasteiger partial charge in [-0.05, 0) is 60.6 Å². The second kappa shape index (κ2) is 7.53. The van der Waals surface area contributed by atoms with Crippen molar-refractivity contribution in [3.05, 3.63) is 41.5 Å². The van der Waals surface area contributed by atoms with E-state index < -0.39 is 11.8 Å². The van der Waals surface area contributed by atoms with Crippen molar-refractivity contribution in [3.63, 3.8) is 0 Å². The molecule has 0 heterocycles. The number of hydrogen-bond donors (Lipinski definition) is 0. The number of rotatable bonds is 1. The molecule has 2 atom stereocenters. The molecule has 148 valence electrons. The van der Waals surface area contributed by atoms with Gasteiger partial charge in [0.25, 0.3) is 0 Å². The van der Waals surface area contributed by atoms with Gasteiger partial charge in [0.15, 0.2) is 0 Å². The smallest absolute Gasteiger partial charge is 0.428 e. The van der Waals surface area contributed by atoms with Crippen molar-refractivity contribution in [2.45, 2.75) is 79.8 Å². The molecule has 1 aliphatic carbocycles. The summed E-state index contributed by atoms with van der Waals surface area (Å²) in [7, 11) is 0. The van der Waals surface area contributed by atoms with Crippen molar-refractivity contribution < 1.29 is 14.3 Å². The normalized spacial score (nSPS) is 18.7. The zero-order chi connectivity index (χ0) is 20.6. The van der Waals surface area contributed by atoms with E-state index in [1.807, 2.05) is 52.8 Å². The lowest BCUT2D eigenvalue weighted by Gasteiger charge is -2.32. The second-order valence-corrected chi connectivity index (χ2v) is 9.12. The van der Waals surface area contributed by atoms with Gasteiger partial charge in [0, 0.05) is 5.39 Å². The van der Waals surface area contributed by atoms with Crippen molar-refractivity contribution in [2.24, 2.45) is 5.41 Å². The average molecular weight is 371 g/mol. The van der Waals surface area contributed by atoms with E-state index in [1.165, 1.54) is 16.5 Å². The molecule has 0 bridgehead atoms. The standard InChI is InChI=1S/C22H28O3.C2H6/c1-13-14-9-8-10-15-17(24-20(23)25-22(5,6)7)12-11-16(18(14)15)19(13)21(2,3)4;1-2/h8-13,19H,1-7H3;1-2H3. The van der Waals surface area contributed by atoms with Gasteiger partial charge in [-0.15, -0.1) is 0 Å². The second-order valence-electron chi connectivity index (χ2n) is 9.12. The minimum Gasteiger partial charge on any atom is -0.428 e. The van der Waals surface area contributed by atoms with Crippen LogP contribution in [0.5, 0.6) is 5.75 Å². The molecule has 2 unspecified atom stereocenters. The third-order valence-corrected chi connectivity index (χ3v) is 4.91. The molecule has 0 amide bonds. The molecule has 0 aromatic heterocycles. The predicted molar refractivity (Wildman–Crippen MR) is 113 cm³/mol. The summed E-state index contributed by atoms with van der Waals surface area (Å²) in [6.07, 6.45) is -0.661. The summed E-state index contributed by atoms with van der Waals surface area (Å²) in [5, 5.41) is 2.22. The highest BCUT2D eigenvalue weighted by Crippen LogP contribution is 2.55. The number of ether oxygens (including phenoxy) is 2.